The number of nitrogens with one attached hydrogen (secondary N) is 1. The number of carboxylic acids is 1. The van der Waals surface area contributed by atoms with Crippen molar-refractivity contribution in [1.82, 2.24) is 4.98 Å². The largest absolute Gasteiger partial charge is 0.478 e. The number of rotatable bonds is 3. The van der Waals surface area contributed by atoms with Crippen LogP contribution >= 0.6 is 27.5 Å². The Kier molecular flexibility index (Phi) is 4.36. The second kappa shape index (κ2) is 6.02. The van der Waals surface area contributed by atoms with Gasteiger partial charge < -0.3 is 10.4 Å². The average Bonchev–Trinajstić information content (AvgIpc) is 2.40. The molecule has 2 N–H and O–H groups in total. The van der Waals surface area contributed by atoms with Gasteiger partial charge in [0.25, 0.3) is 5.91 Å². The van der Waals surface area contributed by atoms with E-state index in [1.165, 1.54) is 18.2 Å². The Labute approximate surface area is 127 Å². The number of nitrogens with zero attached hydrogens (tertiary/aromatic N) is 1. The van der Waals surface area contributed by atoms with Crippen LogP contribution in [0.4, 0.5) is 5.69 Å². The molecule has 1 aromatic carbocycles. The molecule has 0 radical (unpaired) electrons. The molecule has 0 aliphatic heterocycles. The van der Waals surface area contributed by atoms with E-state index in [1.807, 2.05) is 0 Å². The first-order chi connectivity index (χ1) is 9.47. The molecule has 20 heavy (non-hydrogen) atoms. The van der Waals surface area contributed by atoms with Crippen LogP contribution in [0.5, 0.6) is 0 Å². The smallest absolute Gasteiger partial charge is 0.337 e. The third-order valence-electron chi connectivity index (χ3n) is 2.40. The van der Waals surface area contributed by atoms with Crippen LogP contribution in [0.3, 0.4) is 0 Å². The number of hydrogen-bond donors (Lipinski definition) is 2. The van der Waals surface area contributed by atoms with Crippen LogP contribution in [0, 0.1) is 0 Å². The van der Waals surface area contributed by atoms with E-state index in [4.69, 9.17) is 16.7 Å². The first-order valence-corrected chi connectivity index (χ1v) is 6.61. The van der Waals surface area contributed by atoms with Gasteiger partial charge in [0.05, 0.1) is 10.6 Å². The second-order valence-corrected chi connectivity index (χ2v) is 5.02. The van der Waals surface area contributed by atoms with Gasteiger partial charge in [-0.05, 0) is 46.3 Å². The van der Waals surface area contributed by atoms with Gasteiger partial charge in [0.15, 0.2) is 0 Å². The third-order valence-corrected chi connectivity index (χ3v) is 3.17. The van der Waals surface area contributed by atoms with Crippen molar-refractivity contribution in [1.29, 1.82) is 0 Å². The van der Waals surface area contributed by atoms with Crippen molar-refractivity contribution in [2.75, 3.05) is 5.32 Å². The quantitative estimate of drug-likeness (QED) is 0.827. The molecule has 0 saturated heterocycles. The van der Waals surface area contributed by atoms with E-state index >= 15 is 0 Å². The van der Waals surface area contributed by atoms with Crippen LogP contribution in [0.1, 0.15) is 20.8 Å². The highest BCUT2D eigenvalue weighted by Gasteiger charge is 2.12. The first-order valence-electron chi connectivity index (χ1n) is 5.44. The van der Waals surface area contributed by atoms with Crippen LogP contribution in [0.15, 0.2) is 41.0 Å². The van der Waals surface area contributed by atoms with Crippen LogP contribution in [0.25, 0.3) is 0 Å². The van der Waals surface area contributed by atoms with Gasteiger partial charge in [0.1, 0.15) is 10.3 Å². The van der Waals surface area contributed by atoms with Gasteiger partial charge in [0, 0.05) is 5.69 Å². The normalized spacial score (nSPS) is 10.1. The average molecular weight is 356 g/mol. The van der Waals surface area contributed by atoms with Crippen LogP contribution in [-0.4, -0.2) is 22.0 Å². The Morgan fingerprint density at radius 1 is 1.25 bits per heavy atom. The molecule has 7 heteroatoms. The van der Waals surface area contributed by atoms with Crippen molar-refractivity contribution in [2.45, 2.75) is 0 Å². The molecule has 0 unspecified atom stereocenters. The molecule has 102 valence electrons. The zero-order valence-electron chi connectivity index (χ0n) is 9.93. The minimum absolute atomic E-state index is 0.0772. The number of halogens is 2. The fourth-order valence-corrected chi connectivity index (χ4v) is 2.04. The molecular formula is C13H8BrClN2O3. The number of benzene rings is 1. The van der Waals surface area contributed by atoms with Gasteiger partial charge in [-0.15, -0.1) is 0 Å². The summed E-state index contributed by atoms with van der Waals surface area (Å²) in [5, 5.41) is 11.6. The Morgan fingerprint density at radius 2 is 2.00 bits per heavy atom. The zero-order valence-corrected chi connectivity index (χ0v) is 12.3. The van der Waals surface area contributed by atoms with Crippen LogP contribution in [-0.2, 0) is 0 Å². The SMILES string of the molecule is O=C(Nc1ccc(Cl)c(C(=O)O)c1)c1cccc(Br)n1. The molecule has 1 heterocycles. The molecule has 0 bridgehead atoms. The van der Waals surface area contributed by atoms with Crippen LogP contribution in [0.2, 0.25) is 5.02 Å². The maximum Gasteiger partial charge on any atom is 0.337 e. The Bertz CT molecular complexity index is 691. The summed E-state index contributed by atoms with van der Waals surface area (Å²) in [6.07, 6.45) is 0. The van der Waals surface area contributed by atoms with Crippen molar-refractivity contribution in [3.8, 4) is 0 Å². The highest BCUT2D eigenvalue weighted by atomic mass is 79.9. The summed E-state index contributed by atoms with van der Waals surface area (Å²) in [5.41, 5.74) is 0.469. The number of carbonyl (C=O) groups excluding carboxylic acids is 1. The first kappa shape index (κ1) is 14.5. The topological polar surface area (TPSA) is 79.3 Å². The van der Waals surface area contributed by atoms with Crippen molar-refractivity contribution >= 4 is 45.1 Å². The predicted octanol–water partition coefficient (Wildman–Crippen LogP) is 3.45. The lowest BCUT2D eigenvalue weighted by Crippen LogP contribution is -2.14. The summed E-state index contributed by atoms with van der Waals surface area (Å²) in [5.74, 6) is -1.60. The number of hydrogen-bond acceptors (Lipinski definition) is 3. The molecule has 2 rings (SSSR count). The van der Waals surface area contributed by atoms with Crippen LogP contribution < -0.4 is 5.32 Å². The molecule has 5 nitrogen and oxygen atoms in total. The Balaban J connectivity index is 2.24. The van der Waals surface area contributed by atoms with Gasteiger partial charge in [0.2, 0.25) is 0 Å². The van der Waals surface area contributed by atoms with Gasteiger partial charge in [-0.1, -0.05) is 17.7 Å². The predicted molar refractivity (Wildman–Crippen MR) is 78.3 cm³/mol. The molecule has 1 aromatic heterocycles. The molecule has 0 atom stereocenters. The zero-order chi connectivity index (χ0) is 14.7. The lowest BCUT2D eigenvalue weighted by Gasteiger charge is -2.07. The molecule has 1 amide bonds. The number of anilines is 1. The lowest BCUT2D eigenvalue weighted by atomic mass is 10.2. The summed E-state index contributed by atoms with van der Waals surface area (Å²) >= 11 is 8.92. The van der Waals surface area contributed by atoms with E-state index in [1.54, 1.807) is 18.2 Å². The minimum Gasteiger partial charge on any atom is -0.478 e. The highest BCUT2D eigenvalue weighted by molar-refractivity contribution is 9.10. The van der Waals surface area contributed by atoms with Crippen molar-refractivity contribution < 1.29 is 14.7 Å². The molecular weight excluding hydrogens is 348 g/mol. The molecule has 2 aromatic rings. The summed E-state index contributed by atoms with van der Waals surface area (Å²) in [6, 6.07) is 9.15. The minimum atomic E-state index is -1.16. The van der Waals surface area contributed by atoms with E-state index in [0.29, 0.717) is 10.3 Å². The van der Waals surface area contributed by atoms with Crippen molar-refractivity contribution in [3.05, 3.63) is 57.3 Å². The third kappa shape index (κ3) is 3.34. The standard InChI is InChI=1S/C13H8BrClN2O3/c14-11-3-1-2-10(17-11)12(18)16-7-4-5-9(15)8(6-7)13(19)20/h1-6H,(H,16,18)(H,19,20). The number of carbonyl (C=O) groups is 2. The van der Waals surface area contributed by atoms with Gasteiger partial charge >= 0.3 is 5.97 Å². The molecule has 0 spiro atoms. The number of aromatic nitrogens is 1. The highest BCUT2D eigenvalue weighted by Crippen LogP contribution is 2.21. The molecule has 0 saturated carbocycles. The van der Waals surface area contributed by atoms with E-state index in [0.717, 1.165) is 0 Å². The van der Waals surface area contributed by atoms with Crippen molar-refractivity contribution in [3.63, 3.8) is 0 Å². The van der Waals surface area contributed by atoms with Gasteiger partial charge in [-0.3, -0.25) is 4.79 Å². The summed E-state index contributed by atoms with van der Waals surface area (Å²) in [6.45, 7) is 0. The lowest BCUT2D eigenvalue weighted by molar-refractivity contribution is 0.0696. The maximum atomic E-state index is 12.0. The van der Waals surface area contributed by atoms with E-state index in [9.17, 15) is 9.59 Å². The Morgan fingerprint density at radius 3 is 2.65 bits per heavy atom. The summed E-state index contributed by atoms with van der Waals surface area (Å²) < 4.78 is 0.535. The van der Waals surface area contributed by atoms with Crippen molar-refractivity contribution in [2.24, 2.45) is 0 Å². The molecule has 0 aliphatic rings. The van der Waals surface area contributed by atoms with Gasteiger partial charge in [-0.25, -0.2) is 9.78 Å². The summed E-state index contributed by atoms with van der Waals surface area (Å²) in [4.78, 5) is 26.9. The molecule has 0 fully saturated rings. The fourth-order valence-electron chi connectivity index (χ4n) is 1.50. The van der Waals surface area contributed by atoms with E-state index in [2.05, 4.69) is 26.2 Å². The van der Waals surface area contributed by atoms with E-state index in [-0.39, 0.29) is 16.3 Å². The molecule has 0 aliphatic carbocycles. The fraction of sp³-hybridized carbons (Fsp3) is 0. The summed E-state index contributed by atoms with van der Waals surface area (Å²) in [7, 11) is 0. The van der Waals surface area contributed by atoms with Gasteiger partial charge in [-0.2, -0.15) is 0 Å². The monoisotopic (exact) mass is 354 g/mol. The number of carboxylic acid groups (broad SMARTS) is 1. The number of aromatic carboxylic acids is 1. The number of pyridine rings is 1. The maximum absolute atomic E-state index is 12.0. The van der Waals surface area contributed by atoms with E-state index < -0.39 is 11.9 Å². The Hall–Kier alpha value is -1.92. The number of amides is 1. The second-order valence-electron chi connectivity index (χ2n) is 3.80.